The average Bonchev–Trinajstić information content (AvgIpc) is 2.68. The summed E-state index contributed by atoms with van der Waals surface area (Å²) in [6, 6.07) is -3.21. The normalized spacial score (nSPS) is 14.7. The Kier molecular flexibility index (Phi) is 13.0. The second-order valence-electron chi connectivity index (χ2n) is 7.10. The number of aliphatic carboxylic acids is 1. The first kappa shape index (κ1) is 27.3. The Morgan fingerprint density at radius 1 is 0.967 bits per heavy atom. The molecule has 0 aromatic carbocycles. The van der Waals surface area contributed by atoms with Crippen LogP contribution in [-0.2, 0) is 24.0 Å². The van der Waals surface area contributed by atoms with E-state index in [2.05, 4.69) is 16.0 Å². The lowest BCUT2D eigenvalue weighted by Gasteiger charge is -2.25. The summed E-state index contributed by atoms with van der Waals surface area (Å²) in [5.74, 6) is -4.38. The van der Waals surface area contributed by atoms with Crippen LogP contribution in [0.3, 0.4) is 0 Å². The molecule has 12 heteroatoms. The van der Waals surface area contributed by atoms with Gasteiger partial charge in [0.15, 0.2) is 0 Å². The number of amides is 4. The highest BCUT2D eigenvalue weighted by Gasteiger charge is 2.29. The van der Waals surface area contributed by atoms with Crippen LogP contribution >= 0.6 is 0 Å². The number of nitrogens with two attached hydrogens (primary N) is 3. The van der Waals surface area contributed by atoms with Gasteiger partial charge in [-0.05, 0) is 31.7 Å². The van der Waals surface area contributed by atoms with Crippen LogP contribution in [0.25, 0.3) is 0 Å². The van der Waals surface area contributed by atoms with Gasteiger partial charge in [0.05, 0.1) is 12.5 Å². The molecule has 4 atom stereocenters. The molecule has 172 valence electrons. The monoisotopic (exact) mass is 430 g/mol. The maximum Gasteiger partial charge on any atom is 0.322 e. The van der Waals surface area contributed by atoms with Crippen LogP contribution in [0.15, 0.2) is 0 Å². The highest BCUT2D eigenvalue weighted by Crippen LogP contribution is 2.08. The molecule has 0 aliphatic heterocycles. The fourth-order valence-electron chi connectivity index (χ4n) is 2.51. The quantitative estimate of drug-likeness (QED) is 0.138. The van der Waals surface area contributed by atoms with Gasteiger partial charge in [-0.3, -0.25) is 24.0 Å². The van der Waals surface area contributed by atoms with Crippen molar-refractivity contribution in [3.63, 3.8) is 0 Å². The smallest absolute Gasteiger partial charge is 0.322 e. The van der Waals surface area contributed by atoms with Gasteiger partial charge in [-0.1, -0.05) is 20.3 Å². The van der Waals surface area contributed by atoms with Crippen LogP contribution in [-0.4, -0.2) is 65.9 Å². The Balaban J connectivity index is 5.30. The molecule has 0 heterocycles. The number of hydrogen-bond donors (Lipinski definition) is 7. The molecule has 12 nitrogen and oxygen atoms in total. The van der Waals surface area contributed by atoms with Crippen LogP contribution in [0.5, 0.6) is 0 Å². The van der Waals surface area contributed by atoms with Crippen molar-refractivity contribution in [3.8, 4) is 0 Å². The molecule has 0 aliphatic rings. The van der Waals surface area contributed by atoms with E-state index >= 15 is 0 Å². The maximum absolute atomic E-state index is 12.7. The molecular weight excluding hydrogens is 396 g/mol. The van der Waals surface area contributed by atoms with Crippen molar-refractivity contribution in [1.29, 1.82) is 0 Å². The van der Waals surface area contributed by atoms with Gasteiger partial charge in [0.2, 0.25) is 23.6 Å². The first-order chi connectivity index (χ1) is 14.0. The lowest BCUT2D eigenvalue weighted by Crippen LogP contribution is -2.57. The van der Waals surface area contributed by atoms with E-state index in [-0.39, 0.29) is 12.3 Å². The molecule has 0 radical (unpaired) electrons. The van der Waals surface area contributed by atoms with Crippen molar-refractivity contribution < 1.29 is 29.1 Å². The molecule has 0 rings (SSSR count). The van der Waals surface area contributed by atoms with Crippen molar-refractivity contribution in [1.82, 2.24) is 16.0 Å². The number of carbonyl (C=O) groups excluding carboxylic acids is 4. The van der Waals surface area contributed by atoms with Crippen LogP contribution in [0.2, 0.25) is 0 Å². The number of carbonyl (C=O) groups is 5. The van der Waals surface area contributed by atoms with E-state index in [1.807, 2.05) is 13.8 Å². The lowest BCUT2D eigenvalue weighted by molar-refractivity contribution is -0.138. The molecule has 30 heavy (non-hydrogen) atoms. The highest BCUT2D eigenvalue weighted by atomic mass is 16.4. The zero-order valence-corrected chi connectivity index (χ0v) is 17.5. The topological polar surface area (TPSA) is 220 Å². The third-order valence-corrected chi connectivity index (χ3v) is 4.59. The van der Waals surface area contributed by atoms with E-state index in [1.54, 1.807) is 0 Å². The van der Waals surface area contributed by atoms with Crippen LogP contribution in [0, 0.1) is 5.92 Å². The summed E-state index contributed by atoms with van der Waals surface area (Å²) < 4.78 is 0. The molecule has 0 aromatic rings. The number of unbranched alkanes of at least 4 members (excludes halogenated alkanes) is 1. The number of primary amides is 1. The number of carboxylic acid groups (broad SMARTS) is 1. The van der Waals surface area contributed by atoms with Crippen LogP contribution in [0.1, 0.15) is 46.0 Å². The van der Waals surface area contributed by atoms with Gasteiger partial charge in [0.1, 0.15) is 18.6 Å². The predicted molar refractivity (Wildman–Crippen MR) is 109 cm³/mol. The molecule has 0 spiro atoms. The molecule has 0 aliphatic carbocycles. The van der Waals surface area contributed by atoms with Crippen molar-refractivity contribution in [3.05, 3.63) is 0 Å². The average molecular weight is 431 g/mol. The number of nitrogens with one attached hydrogen (secondary N) is 3. The van der Waals surface area contributed by atoms with E-state index in [9.17, 15) is 24.0 Å². The Bertz CT molecular complexity index is 614. The molecule has 0 bridgehead atoms. The van der Waals surface area contributed by atoms with Crippen LogP contribution in [0.4, 0.5) is 0 Å². The fourth-order valence-corrected chi connectivity index (χ4v) is 2.51. The summed E-state index contributed by atoms with van der Waals surface area (Å²) in [5, 5.41) is 15.7. The Hall–Kier alpha value is -2.73. The first-order valence-corrected chi connectivity index (χ1v) is 9.87. The largest absolute Gasteiger partial charge is 0.480 e. The highest BCUT2D eigenvalue weighted by molar-refractivity contribution is 5.95. The van der Waals surface area contributed by atoms with E-state index in [1.165, 1.54) is 0 Å². The molecule has 4 unspecified atom stereocenters. The summed E-state index contributed by atoms with van der Waals surface area (Å²) in [6.07, 6.45) is 1.51. The number of hydrogen-bond acceptors (Lipinski definition) is 7. The number of carboxylic acids is 1. The maximum atomic E-state index is 12.7. The van der Waals surface area contributed by atoms with Crippen molar-refractivity contribution in [2.75, 3.05) is 13.1 Å². The van der Waals surface area contributed by atoms with E-state index in [0.29, 0.717) is 25.8 Å². The first-order valence-electron chi connectivity index (χ1n) is 9.87. The minimum atomic E-state index is -1.38. The van der Waals surface area contributed by atoms with Crippen molar-refractivity contribution >= 4 is 29.6 Å². The summed E-state index contributed by atoms with van der Waals surface area (Å²) in [6.45, 7) is 3.40. The van der Waals surface area contributed by atoms with Gasteiger partial charge in [0.25, 0.3) is 0 Å². The Labute approximate surface area is 175 Å². The van der Waals surface area contributed by atoms with Gasteiger partial charge in [-0.15, -0.1) is 0 Å². The minimum absolute atomic E-state index is 0.109. The van der Waals surface area contributed by atoms with Crippen molar-refractivity contribution in [2.24, 2.45) is 23.1 Å². The third-order valence-electron chi connectivity index (χ3n) is 4.59. The molecule has 0 aromatic heterocycles. The summed E-state index contributed by atoms with van der Waals surface area (Å²) in [7, 11) is 0. The van der Waals surface area contributed by atoms with Gasteiger partial charge in [0, 0.05) is 0 Å². The number of rotatable bonds is 15. The predicted octanol–water partition coefficient (Wildman–Crippen LogP) is -2.47. The van der Waals surface area contributed by atoms with Gasteiger partial charge < -0.3 is 38.3 Å². The van der Waals surface area contributed by atoms with Gasteiger partial charge >= 0.3 is 5.97 Å². The van der Waals surface area contributed by atoms with Crippen molar-refractivity contribution in [2.45, 2.75) is 64.1 Å². The summed E-state index contributed by atoms with van der Waals surface area (Å²) in [4.78, 5) is 59.2. The van der Waals surface area contributed by atoms with Gasteiger partial charge in [-0.2, -0.15) is 0 Å². The van der Waals surface area contributed by atoms with E-state index in [0.717, 1.165) is 0 Å². The molecule has 0 saturated heterocycles. The molecule has 0 saturated carbocycles. The summed E-state index contributed by atoms with van der Waals surface area (Å²) in [5.41, 5.74) is 16.5. The molecule has 0 fully saturated rings. The molecule has 4 amide bonds. The standard InChI is InChI=1S/C18H34N6O6/c1-3-10(2)15(21)18(30)23-11(6-4-5-7-19)17(29)24-12(8-13(20)25)16(28)22-9-14(26)27/h10-12,15H,3-9,19,21H2,1-2H3,(H2,20,25)(H,22,28)(H,23,30)(H,24,29)(H,26,27). The Morgan fingerprint density at radius 3 is 2.07 bits per heavy atom. The second kappa shape index (κ2) is 14.3. The van der Waals surface area contributed by atoms with Gasteiger partial charge in [-0.25, -0.2) is 0 Å². The van der Waals surface area contributed by atoms with E-state index in [4.69, 9.17) is 22.3 Å². The van der Waals surface area contributed by atoms with Crippen LogP contribution < -0.4 is 33.2 Å². The SMILES string of the molecule is CCC(C)C(N)C(=O)NC(CCCCN)C(=O)NC(CC(N)=O)C(=O)NCC(=O)O. The summed E-state index contributed by atoms with van der Waals surface area (Å²) >= 11 is 0. The third kappa shape index (κ3) is 10.7. The molecule has 10 N–H and O–H groups in total. The van der Waals surface area contributed by atoms with E-state index < -0.39 is 60.7 Å². The zero-order chi connectivity index (χ0) is 23.3. The minimum Gasteiger partial charge on any atom is -0.480 e. The fraction of sp³-hybridized carbons (Fsp3) is 0.722. The Morgan fingerprint density at radius 2 is 1.57 bits per heavy atom. The zero-order valence-electron chi connectivity index (χ0n) is 17.5. The second-order valence-corrected chi connectivity index (χ2v) is 7.10. The molecular formula is C18H34N6O6. The lowest BCUT2D eigenvalue weighted by atomic mass is 9.98.